The zero-order chi connectivity index (χ0) is 44.4. The van der Waals surface area contributed by atoms with Crippen LogP contribution in [0.15, 0.2) is 61.3 Å². The number of alkyl halides is 3. The number of benzene rings is 2. The van der Waals surface area contributed by atoms with E-state index in [9.17, 15) is 22.8 Å². The number of ether oxygens (including phenoxy) is 1. The molecule has 4 atom stereocenters. The molecule has 1 aromatic heterocycles. The minimum atomic E-state index is -4.33. The van der Waals surface area contributed by atoms with Gasteiger partial charge in [-0.1, -0.05) is 36.9 Å². The largest absolute Gasteiger partial charge is 0.489 e. The molecule has 2 aromatic carbocycles. The molecular weight excluding hydrogens is 804 g/mol. The maximum atomic E-state index is 14.0. The third-order valence-electron chi connectivity index (χ3n) is 15.2. The summed E-state index contributed by atoms with van der Waals surface area (Å²) in [6.45, 7) is 19.5. The quantitative estimate of drug-likeness (QED) is 0.180. The van der Waals surface area contributed by atoms with E-state index in [-0.39, 0.29) is 29.8 Å². The number of pyridine rings is 1. The van der Waals surface area contributed by atoms with Crippen molar-refractivity contribution in [2.75, 3.05) is 74.6 Å². The first-order valence-electron chi connectivity index (χ1n) is 22.9. The van der Waals surface area contributed by atoms with Crippen LogP contribution in [0.25, 0.3) is 6.08 Å². The molecule has 1 spiro atoms. The lowest BCUT2D eigenvalue weighted by atomic mass is 9.57. The number of hydrogen-bond acceptors (Lipinski definition) is 9. The highest BCUT2D eigenvalue weighted by molar-refractivity contribution is 6.00. The van der Waals surface area contributed by atoms with Crippen molar-refractivity contribution in [2.45, 2.75) is 103 Å². The zero-order valence-corrected chi connectivity index (χ0v) is 37.3. The fourth-order valence-electron chi connectivity index (χ4n) is 12.1. The molecule has 1 aliphatic carbocycles. The number of anilines is 3. The Morgan fingerprint density at radius 1 is 1.06 bits per heavy atom. The average molecular weight is 866 g/mol. The maximum absolute atomic E-state index is 14.0. The van der Waals surface area contributed by atoms with Crippen LogP contribution in [0, 0.1) is 11.3 Å². The smallest absolute Gasteiger partial charge is 0.401 e. The Balaban J connectivity index is 0.791. The number of carbonyl (C=O) groups excluding carboxylic acids is 2. The highest BCUT2D eigenvalue weighted by Gasteiger charge is 2.48. The monoisotopic (exact) mass is 865 g/mol. The van der Waals surface area contributed by atoms with Gasteiger partial charge in [0.25, 0.3) is 5.91 Å². The van der Waals surface area contributed by atoms with Crippen molar-refractivity contribution in [1.29, 1.82) is 0 Å². The van der Waals surface area contributed by atoms with Crippen LogP contribution in [0.1, 0.15) is 104 Å². The molecule has 9 rings (SSSR count). The maximum Gasteiger partial charge on any atom is 0.401 e. The Morgan fingerprint density at radius 3 is 2.51 bits per heavy atom. The first kappa shape index (κ1) is 43.4. The van der Waals surface area contributed by atoms with Crippen LogP contribution in [-0.2, 0) is 17.8 Å². The Labute approximate surface area is 370 Å². The fraction of sp³-hybridized carbons (Fsp3) is 0.540. The number of piperazine rings is 1. The van der Waals surface area contributed by atoms with E-state index in [4.69, 9.17) is 9.72 Å². The van der Waals surface area contributed by atoms with Gasteiger partial charge in [0.2, 0.25) is 0 Å². The molecule has 1 saturated carbocycles. The number of hydrogen-bond donors (Lipinski definition) is 1. The van der Waals surface area contributed by atoms with Crippen molar-refractivity contribution in [3.8, 4) is 5.75 Å². The van der Waals surface area contributed by atoms with Gasteiger partial charge in [0.15, 0.2) is 0 Å². The number of piperidine rings is 1. The molecule has 5 aliphatic heterocycles. The SMILES string of the molecule is C=Cc1c(NC)ccc2c1C[C@@H](C)N(CC(F)(F)F)[C@H]2c1ccc(N2CCC3(CC2)CC(CN2CCN4c5ccc6c(c5OCC4C2)CN([C@@H](CCC(C)=O)C(=C)C)C6=O)C3)nc1. The normalized spacial score (nSPS) is 23.9. The fourth-order valence-corrected chi connectivity index (χ4v) is 12.1. The molecular formula is C50H62F3N7O3. The summed E-state index contributed by atoms with van der Waals surface area (Å²) in [5.41, 5.74) is 8.54. The summed E-state index contributed by atoms with van der Waals surface area (Å²) in [4.78, 5) is 41.2. The van der Waals surface area contributed by atoms with E-state index in [0.717, 1.165) is 108 Å². The second kappa shape index (κ2) is 16.9. The molecule has 1 unspecified atom stereocenters. The number of halogens is 3. The van der Waals surface area contributed by atoms with E-state index < -0.39 is 18.8 Å². The summed E-state index contributed by atoms with van der Waals surface area (Å²) >= 11 is 0. The molecule has 6 heterocycles. The molecule has 3 aromatic rings. The average Bonchev–Trinajstić information content (AvgIpc) is 3.58. The number of carbonyl (C=O) groups is 2. The lowest BCUT2D eigenvalue weighted by molar-refractivity contribution is -0.155. The van der Waals surface area contributed by atoms with Gasteiger partial charge in [-0.25, -0.2) is 4.98 Å². The van der Waals surface area contributed by atoms with Crippen molar-refractivity contribution in [3.05, 3.63) is 94.7 Å². The van der Waals surface area contributed by atoms with Gasteiger partial charge in [0.05, 0.1) is 36.9 Å². The number of rotatable bonds is 12. The number of fused-ring (bicyclic) bond motifs is 6. The van der Waals surface area contributed by atoms with Gasteiger partial charge in [-0.05, 0) is 112 Å². The molecule has 13 heteroatoms. The molecule has 336 valence electrons. The number of aromatic nitrogens is 1. The summed E-state index contributed by atoms with van der Waals surface area (Å²) in [5.74, 6) is 2.49. The van der Waals surface area contributed by atoms with Crippen LogP contribution in [-0.4, -0.2) is 115 Å². The summed E-state index contributed by atoms with van der Waals surface area (Å²) in [6.07, 6.45) is 5.49. The molecule has 3 fully saturated rings. The Bertz CT molecular complexity index is 2260. The van der Waals surface area contributed by atoms with Gasteiger partial charge in [0, 0.05) is 87.4 Å². The Hall–Kier alpha value is -4.88. The van der Waals surface area contributed by atoms with E-state index in [2.05, 4.69) is 39.2 Å². The van der Waals surface area contributed by atoms with Gasteiger partial charge in [-0.3, -0.25) is 14.6 Å². The molecule has 0 radical (unpaired) electrons. The summed E-state index contributed by atoms with van der Waals surface area (Å²) in [5, 5.41) is 3.22. The van der Waals surface area contributed by atoms with Gasteiger partial charge in [-0.15, -0.1) is 0 Å². The van der Waals surface area contributed by atoms with Gasteiger partial charge >= 0.3 is 6.18 Å². The lowest BCUT2D eigenvalue weighted by Crippen LogP contribution is -2.59. The van der Waals surface area contributed by atoms with Crippen LogP contribution >= 0.6 is 0 Å². The number of nitrogens with zero attached hydrogens (tertiary/aromatic N) is 6. The summed E-state index contributed by atoms with van der Waals surface area (Å²) in [6, 6.07) is 11.1. The molecule has 6 aliphatic rings. The molecule has 1 N–H and O–H groups in total. The van der Waals surface area contributed by atoms with Crippen molar-refractivity contribution in [3.63, 3.8) is 0 Å². The van der Waals surface area contributed by atoms with Crippen molar-refractivity contribution < 1.29 is 27.5 Å². The van der Waals surface area contributed by atoms with E-state index >= 15 is 0 Å². The van der Waals surface area contributed by atoms with E-state index in [1.54, 1.807) is 24.1 Å². The van der Waals surface area contributed by atoms with Gasteiger partial charge in [-0.2, -0.15) is 13.2 Å². The first-order valence-corrected chi connectivity index (χ1v) is 22.9. The van der Waals surface area contributed by atoms with Crippen LogP contribution in [0.2, 0.25) is 0 Å². The molecule has 1 amide bonds. The predicted octanol–water partition coefficient (Wildman–Crippen LogP) is 8.51. The minimum Gasteiger partial charge on any atom is -0.489 e. The number of nitrogens with one attached hydrogen (secondary N) is 1. The predicted molar refractivity (Wildman–Crippen MR) is 243 cm³/mol. The number of amides is 1. The first-order chi connectivity index (χ1) is 30.2. The van der Waals surface area contributed by atoms with Gasteiger partial charge < -0.3 is 29.5 Å². The highest BCUT2D eigenvalue weighted by atomic mass is 19.4. The Morgan fingerprint density at radius 2 is 1.84 bits per heavy atom. The van der Waals surface area contributed by atoms with E-state index in [1.807, 2.05) is 56.1 Å². The van der Waals surface area contributed by atoms with E-state index in [0.29, 0.717) is 49.3 Å². The van der Waals surface area contributed by atoms with Crippen LogP contribution in [0.3, 0.4) is 0 Å². The second-order valence-electron chi connectivity index (χ2n) is 19.4. The van der Waals surface area contributed by atoms with Gasteiger partial charge in [0.1, 0.15) is 24.0 Å². The third kappa shape index (κ3) is 8.24. The highest BCUT2D eigenvalue weighted by Crippen LogP contribution is 2.53. The summed E-state index contributed by atoms with van der Waals surface area (Å²) in [7, 11) is 1.85. The van der Waals surface area contributed by atoms with Crippen molar-refractivity contribution in [2.24, 2.45) is 11.3 Å². The molecule has 0 bridgehead atoms. The number of ketones is 1. The topological polar surface area (TPSA) is 84.5 Å². The zero-order valence-electron chi connectivity index (χ0n) is 37.3. The summed E-state index contributed by atoms with van der Waals surface area (Å²) < 4.78 is 48.5. The number of Topliss-reactive ketones (excluding diaryl/α,β-unsaturated/α-hetero) is 1. The van der Waals surface area contributed by atoms with Crippen LogP contribution < -0.4 is 19.9 Å². The standard InChI is InChI=1S/C50H62F3N7O3/c1-7-37-40-22-32(4)60(30-50(51,52)53)46(38(40)10-12-42(37)54-6)35-9-15-45(55-25-35)57-18-16-49(17-19-57)23-34(24-49)26-56-20-21-58-36(27-56)29-63-47-41-28-59(43(31(2)3)13-8-33(5)61)48(62)39(41)11-14-44(47)58/h7,9-12,14-15,25,32,34,36,43,46,54H,1-2,8,13,16-24,26-30H2,3-6H3/t32-,36?,43+,46+/m1/s1. The van der Waals surface area contributed by atoms with Crippen LogP contribution in [0.5, 0.6) is 5.75 Å². The van der Waals surface area contributed by atoms with E-state index in [1.165, 1.54) is 12.8 Å². The Kier molecular flexibility index (Phi) is 11.6. The van der Waals surface area contributed by atoms with Crippen LogP contribution in [0.4, 0.5) is 30.4 Å². The van der Waals surface area contributed by atoms with Crippen molar-refractivity contribution in [1.82, 2.24) is 19.7 Å². The van der Waals surface area contributed by atoms with Crippen molar-refractivity contribution >= 4 is 35.0 Å². The lowest BCUT2D eigenvalue weighted by Gasteiger charge is -2.54. The molecule has 10 nitrogen and oxygen atoms in total. The second-order valence-corrected chi connectivity index (χ2v) is 19.4. The molecule has 63 heavy (non-hydrogen) atoms. The minimum absolute atomic E-state index is 0.0145. The third-order valence-corrected chi connectivity index (χ3v) is 15.2. The molecule has 2 saturated heterocycles.